The number of carbonyl (C=O) groups is 1. The van der Waals surface area contributed by atoms with Gasteiger partial charge in [0.15, 0.2) is 0 Å². The van der Waals surface area contributed by atoms with Crippen LogP contribution in [-0.4, -0.2) is 22.9 Å². The molecule has 8 heteroatoms. The van der Waals surface area contributed by atoms with E-state index >= 15 is 0 Å². The first kappa shape index (κ1) is 16.6. The van der Waals surface area contributed by atoms with Gasteiger partial charge in [0.2, 0.25) is 5.91 Å². The maximum absolute atomic E-state index is 13.5. The van der Waals surface area contributed by atoms with E-state index in [1.807, 2.05) is 0 Å². The smallest absolute Gasteiger partial charge is 0.293 e. The first-order valence-corrected chi connectivity index (χ1v) is 7.00. The highest BCUT2D eigenvalue weighted by Crippen LogP contribution is 2.29. The summed E-state index contributed by atoms with van der Waals surface area (Å²) >= 11 is 1.68. The number of halogens is 2. The zero-order valence-corrected chi connectivity index (χ0v) is 13.4. The van der Waals surface area contributed by atoms with Gasteiger partial charge >= 0.3 is 0 Å². The molecule has 0 aromatic heterocycles. The summed E-state index contributed by atoms with van der Waals surface area (Å²) in [6, 6.07) is 1.40. The average Bonchev–Trinajstić information content (AvgIpc) is 2.32. The third-order valence-electron chi connectivity index (χ3n) is 2.43. The average molecular weight is 395 g/mol. The lowest BCUT2D eigenvalue weighted by atomic mass is 10.2. The number of hydrogen-bond donors (Lipinski definition) is 2. The van der Waals surface area contributed by atoms with Crippen molar-refractivity contribution in [2.75, 3.05) is 5.32 Å². The minimum absolute atomic E-state index is 0.0145. The van der Waals surface area contributed by atoms with Crippen LogP contribution in [0.5, 0.6) is 0 Å². The molecule has 0 radical (unpaired) electrons. The number of rotatable bonds is 5. The van der Waals surface area contributed by atoms with E-state index < -0.39 is 16.8 Å². The lowest BCUT2D eigenvalue weighted by molar-refractivity contribution is -0.384. The molecule has 0 fully saturated rings. The molecule has 20 heavy (non-hydrogen) atoms. The Morgan fingerprint density at radius 1 is 1.40 bits per heavy atom. The van der Waals surface area contributed by atoms with Crippen LogP contribution in [-0.2, 0) is 4.79 Å². The molecule has 1 rings (SSSR count). The summed E-state index contributed by atoms with van der Waals surface area (Å²) in [6.45, 7) is 5.16. The van der Waals surface area contributed by atoms with Crippen molar-refractivity contribution >= 4 is 39.9 Å². The molecule has 0 bridgehead atoms. The highest BCUT2D eigenvalue weighted by Gasteiger charge is 2.21. The van der Waals surface area contributed by atoms with E-state index in [0.29, 0.717) is 0 Å². The van der Waals surface area contributed by atoms with Gasteiger partial charge in [0, 0.05) is 18.2 Å². The van der Waals surface area contributed by atoms with Crippen molar-refractivity contribution in [2.45, 2.75) is 32.9 Å². The first-order chi connectivity index (χ1) is 9.22. The Kier molecular flexibility index (Phi) is 5.66. The van der Waals surface area contributed by atoms with Crippen molar-refractivity contribution in [2.24, 2.45) is 0 Å². The Morgan fingerprint density at radius 2 is 2.00 bits per heavy atom. The molecule has 0 aliphatic heterocycles. The number of anilines is 1. The van der Waals surface area contributed by atoms with Crippen LogP contribution >= 0.6 is 22.6 Å². The summed E-state index contributed by atoms with van der Waals surface area (Å²) < 4.78 is 13.7. The van der Waals surface area contributed by atoms with Crippen molar-refractivity contribution in [1.82, 2.24) is 5.32 Å². The zero-order valence-electron chi connectivity index (χ0n) is 11.2. The largest absolute Gasteiger partial charge is 0.368 e. The van der Waals surface area contributed by atoms with Crippen molar-refractivity contribution in [3.8, 4) is 0 Å². The fourth-order valence-electron chi connectivity index (χ4n) is 1.51. The Balaban J connectivity index is 2.99. The summed E-state index contributed by atoms with van der Waals surface area (Å²) in [5.74, 6) is -0.886. The van der Waals surface area contributed by atoms with E-state index in [1.165, 1.54) is 0 Å². The van der Waals surface area contributed by atoms with Gasteiger partial charge in [-0.2, -0.15) is 0 Å². The van der Waals surface area contributed by atoms with Crippen LogP contribution in [0.25, 0.3) is 0 Å². The van der Waals surface area contributed by atoms with E-state index in [1.54, 1.807) is 43.4 Å². The molecular weight excluding hydrogens is 380 g/mol. The van der Waals surface area contributed by atoms with Crippen LogP contribution in [0, 0.1) is 19.5 Å². The second kappa shape index (κ2) is 6.82. The molecule has 1 aromatic carbocycles. The summed E-state index contributed by atoms with van der Waals surface area (Å²) in [5.41, 5.74) is -0.278. The van der Waals surface area contributed by atoms with Gasteiger partial charge in [0.1, 0.15) is 17.5 Å². The molecule has 0 heterocycles. The quantitative estimate of drug-likeness (QED) is 0.456. The number of benzene rings is 1. The summed E-state index contributed by atoms with van der Waals surface area (Å²) in [5, 5.41) is 16.3. The molecular formula is C12H15FIN3O3. The van der Waals surface area contributed by atoms with Crippen LogP contribution in [0.4, 0.5) is 15.8 Å². The number of hydrogen-bond acceptors (Lipinski definition) is 4. The van der Waals surface area contributed by atoms with Gasteiger partial charge in [-0.25, -0.2) is 4.39 Å². The molecule has 1 unspecified atom stereocenters. The Hall–Kier alpha value is -1.45. The lowest BCUT2D eigenvalue weighted by Gasteiger charge is -2.17. The van der Waals surface area contributed by atoms with Crippen molar-refractivity contribution < 1.29 is 14.1 Å². The van der Waals surface area contributed by atoms with Crippen molar-refractivity contribution in [1.29, 1.82) is 0 Å². The molecule has 1 amide bonds. The highest BCUT2D eigenvalue weighted by atomic mass is 127. The molecule has 110 valence electrons. The van der Waals surface area contributed by atoms with Crippen LogP contribution < -0.4 is 10.6 Å². The molecule has 0 aliphatic carbocycles. The third kappa shape index (κ3) is 4.29. The number of amides is 1. The zero-order chi connectivity index (χ0) is 15.4. The first-order valence-electron chi connectivity index (χ1n) is 5.92. The van der Waals surface area contributed by atoms with Crippen LogP contribution in [0.2, 0.25) is 0 Å². The van der Waals surface area contributed by atoms with Gasteiger partial charge in [-0.05, 0) is 43.4 Å². The maximum Gasteiger partial charge on any atom is 0.293 e. The van der Waals surface area contributed by atoms with E-state index in [-0.39, 0.29) is 26.9 Å². The second-order valence-corrected chi connectivity index (χ2v) is 5.73. The number of nitrogens with zero attached hydrogens (tertiary/aromatic N) is 1. The molecule has 6 nitrogen and oxygen atoms in total. The topological polar surface area (TPSA) is 84.3 Å². The second-order valence-electron chi connectivity index (χ2n) is 4.57. The van der Waals surface area contributed by atoms with Gasteiger partial charge in [0.25, 0.3) is 5.69 Å². The summed E-state index contributed by atoms with van der Waals surface area (Å²) in [6.07, 6.45) is 0. The SMILES string of the molecule is CC(C)NC(=O)C(C)Nc1cc(F)c(I)cc1[N+](=O)[O-]. The molecule has 0 spiro atoms. The van der Waals surface area contributed by atoms with Gasteiger partial charge in [-0.3, -0.25) is 14.9 Å². The monoisotopic (exact) mass is 395 g/mol. The maximum atomic E-state index is 13.5. The van der Waals surface area contributed by atoms with Crippen LogP contribution in [0.3, 0.4) is 0 Å². The molecule has 1 atom stereocenters. The van der Waals surface area contributed by atoms with Crippen molar-refractivity contribution in [3.63, 3.8) is 0 Å². The Bertz CT molecular complexity index is 537. The molecule has 1 aromatic rings. The minimum atomic E-state index is -0.712. The van der Waals surface area contributed by atoms with E-state index in [4.69, 9.17) is 0 Å². The van der Waals surface area contributed by atoms with E-state index in [9.17, 15) is 19.3 Å². The predicted molar refractivity (Wildman–Crippen MR) is 82.1 cm³/mol. The van der Waals surface area contributed by atoms with Gasteiger partial charge in [-0.1, -0.05) is 0 Å². The molecule has 2 N–H and O–H groups in total. The highest BCUT2D eigenvalue weighted by molar-refractivity contribution is 14.1. The minimum Gasteiger partial charge on any atom is -0.368 e. The molecule has 0 saturated carbocycles. The predicted octanol–water partition coefficient (Wildman–Crippen LogP) is 2.66. The number of nitro groups is 1. The standard InChI is InChI=1S/C12H15FIN3O3/c1-6(2)15-12(18)7(3)16-10-4-8(13)9(14)5-11(10)17(19)20/h4-7,16H,1-3H3,(H,15,18). The fraction of sp³-hybridized carbons (Fsp3) is 0.417. The summed E-state index contributed by atoms with van der Waals surface area (Å²) in [4.78, 5) is 22.1. The van der Waals surface area contributed by atoms with E-state index in [0.717, 1.165) is 12.1 Å². The van der Waals surface area contributed by atoms with Gasteiger partial charge in [-0.15, -0.1) is 0 Å². The van der Waals surface area contributed by atoms with Gasteiger partial charge in [0.05, 0.1) is 8.49 Å². The number of nitro benzene ring substituents is 1. The van der Waals surface area contributed by atoms with Crippen molar-refractivity contribution in [3.05, 3.63) is 31.6 Å². The normalized spacial score (nSPS) is 12.1. The summed E-state index contributed by atoms with van der Waals surface area (Å²) in [7, 11) is 0. The number of nitrogens with one attached hydrogen (secondary N) is 2. The Morgan fingerprint density at radius 3 is 2.50 bits per heavy atom. The third-order valence-corrected chi connectivity index (χ3v) is 3.26. The fourth-order valence-corrected chi connectivity index (χ4v) is 1.96. The van der Waals surface area contributed by atoms with Gasteiger partial charge < -0.3 is 10.6 Å². The number of carbonyl (C=O) groups excluding carboxylic acids is 1. The lowest BCUT2D eigenvalue weighted by Crippen LogP contribution is -2.41. The van der Waals surface area contributed by atoms with Crippen LogP contribution in [0.1, 0.15) is 20.8 Å². The van der Waals surface area contributed by atoms with E-state index in [2.05, 4.69) is 10.6 Å². The van der Waals surface area contributed by atoms with Crippen LogP contribution in [0.15, 0.2) is 12.1 Å². The Labute approximate surface area is 129 Å². The molecule has 0 saturated heterocycles. The molecule has 0 aliphatic rings.